The minimum atomic E-state index is 0.596. The van der Waals surface area contributed by atoms with Gasteiger partial charge in [0.1, 0.15) is 0 Å². The first-order valence-corrected chi connectivity index (χ1v) is 9.04. The van der Waals surface area contributed by atoms with E-state index in [-0.39, 0.29) is 0 Å². The van der Waals surface area contributed by atoms with Crippen LogP contribution < -0.4 is 0 Å². The molecule has 116 valence electrons. The van der Waals surface area contributed by atoms with Crippen LogP contribution in [0.15, 0.2) is 42.5 Å². The minimum Gasteiger partial charge on any atom is -0.298 e. The van der Waals surface area contributed by atoms with Crippen molar-refractivity contribution in [1.82, 2.24) is 4.90 Å². The second-order valence-electron chi connectivity index (χ2n) is 6.56. The fourth-order valence-corrected chi connectivity index (χ4v) is 4.57. The lowest BCUT2D eigenvalue weighted by Crippen LogP contribution is -2.38. The molecule has 3 rings (SSSR count). The highest BCUT2D eigenvalue weighted by atomic mass is 32.1. The number of hydrogen-bond donors (Lipinski definition) is 0. The van der Waals surface area contributed by atoms with Gasteiger partial charge in [-0.15, -0.1) is 11.3 Å². The zero-order chi connectivity index (χ0) is 15.7. The number of thiophene rings is 1. The quantitative estimate of drug-likeness (QED) is 0.583. The SMILES string of the molecule is CC(C)N(CCc1cccc2sc3ccccc3c12)C(C)C. The van der Waals surface area contributed by atoms with Crippen molar-refractivity contribution >= 4 is 31.5 Å². The maximum Gasteiger partial charge on any atom is 0.0358 e. The Balaban J connectivity index is 1.97. The van der Waals surface area contributed by atoms with Gasteiger partial charge >= 0.3 is 0 Å². The zero-order valence-corrected chi connectivity index (χ0v) is 14.8. The van der Waals surface area contributed by atoms with Crippen LogP contribution in [0.5, 0.6) is 0 Å². The first-order chi connectivity index (χ1) is 10.6. The summed E-state index contributed by atoms with van der Waals surface area (Å²) in [6.07, 6.45) is 1.12. The Morgan fingerprint density at radius 2 is 1.55 bits per heavy atom. The molecule has 0 aliphatic heterocycles. The summed E-state index contributed by atoms with van der Waals surface area (Å²) in [4.78, 5) is 2.58. The van der Waals surface area contributed by atoms with Gasteiger partial charge < -0.3 is 0 Å². The van der Waals surface area contributed by atoms with Crippen LogP contribution in [-0.4, -0.2) is 23.5 Å². The molecule has 2 aromatic carbocycles. The smallest absolute Gasteiger partial charge is 0.0358 e. The molecule has 0 radical (unpaired) electrons. The van der Waals surface area contributed by atoms with Gasteiger partial charge in [0, 0.05) is 38.8 Å². The zero-order valence-electron chi connectivity index (χ0n) is 14.0. The Morgan fingerprint density at radius 3 is 2.27 bits per heavy atom. The summed E-state index contributed by atoms with van der Waals surface area (Å²) in [7, 11) is 0. The minimum absolute atomic E-state index is 0.596. The van der Waals surface area contributed by atoms with E-state index in [0.29, 0.717) is 12.1 Å². The number of rotatable bonds is 5. The van der Waals surface area contributed by atoms with Crippen molar-refractivity contribution in [3.63, 3.8) is 0 Å². The van der Waals surface area contributed by atoms with E-state index in [1.807, 2.05) is 11.3 Å². The molecule has 0 unspecified atom stereocenters. The third kappa shape index (κ3) is 2.90. The van der Waals surface area contributed by atoms with Crippen LogP contribution in [0, 0.1) is 0 Å². The first kappa shape index (κ1) is 15.5. The second-order valence-corrected chi connectivity index (χ2v) is 7.65. The van der Waals surface area contributed by atoms with Gasteiger partial charge in [-0.25, -0.2) is 0 Å². The largest absolute Gasteiger partial charge is 0.298 e. The second kappa shape index (κ2) is 6.39. The molecule has 3 aromatic rings. The van der Waals surface area contributed by atoms with Gasteiger partial charge in [0.25, 0.3) is 0 Å². The van der Waals surface area contributed by atoms with Crippen molar-refractivity contribution in [3.8, 4) is 0 Å². The normalized spacial score (nSPS) is 12.3. The molecule has 0 N–H and O–H groups in total. The molecule has 0 fully saturated rings. The van der Waals surface area contributed by atoms with Crippen LogP contribution in [-0.2, 0) is 6.42 Å². The molecule has 0 atom stereocenters. The fourth-order valence-electron chi connectivity index (χ4n) is 3.42. The van der Waals surface area contributed by atoms with Crippen molar-refractivity contribution < 1.29 is 0 Å². The Bertz CT molecular complexity index is 762. The predicted molar refractivity (Wildman–Crippen MR) is 100 cm³/mol. The summed E-state index contributed by atoms with van der Waals surface area (Å²) in [5.41, 5.74) is 1.49. The summed E-state index contributed by atoms with van der Waals surface area (Å²) in [5.74, 6) is 0. The molecular weight excluding hydrogens is 286 g/mol. The van der Waals surface area contributed by atoms with Gasteiger partial charge in [0.15, 0.2) is 0 Å². The van der Waals surface area contributed by atoms with Crippen molar-refractivity contribution in [2.24, 2.45) is 0 Å². The van der Waals surface area contributed by atoms with Gasteiger partial charge in [-0.1, -0.05) is 30.3 Å². The monoisotopic (exact) mass is 311 g/mol. The van der Waals surface area contributed by atoms with E-state index in [0.717, 1.165) is 13.0 Å². The molecule has 0 aliphatic carbocycles. The van der Waals surface area contributed by atoms with Crippen molar-refractivity contribution in [2.75, 3.05) is 6.54 Å². The Labute approximate surface area is 137 Å². The highest BCUT2D eigenvalue weighted by molar-refractivity contribution is 7.25. The molecule has 0 saturated heterocycles. The van der Waals surface area contributed by atoms with Crippen LogP contribution in [0.2, 0.25) is 0 Å². The average Bonchev–Trinajstić information content (AvgIpc) is 2.85. The molecule has 0 spiro atoms. The van der Waals surface area contributed by atoms with E-state index >= 15 is 0 Å². The van der Waals surface area contributed by atoms with Gasteiger partial charge in [0.2, 0.25) is 0 Å². The molecular formula is C20H25NS. The molecule has 0 amide bonds. The van der Waals surface area contributed by atoms with E-state index < -0.39 is 0 Å². The lowest BCUT2D eigenvalue weighted by Gasteiger charge is -2.30. The molecule has 0 bridgehead atoms. The molecule has 1 aromatic heterocycles. The standard InChI is InChI=1S/C20H25NS/c1-14(2)21(15(3)4)13-12-16-8-7-11-19-20(16)17-9-5-6-10-18(17)22-19/h5-11,14-15H,12-13H2,1-4H3. The molecule has 0 aliphatic rings. The Morgan fingerprint density at radius 1 is 0.864 bits per heavy atom. The summed E-state index contributed by atoms with van der Waals surface area (Å²) in [5, 5.41) is 2.88. The maximum atomic E-state index is 2.58. The van der Waals surface area contributed by atoms with Crippen LogP contribution in [0.1, 0.15) is 33.3 Å². The summed E-state index contributed by atoms with van der Waals surface area (Å²) >= 11 is 1.91. The van der Waals surface area contributed by atoms with Crippen LogP contribution in [0.25, 0.3) is 20.2 Å². The van der Waals surface area contributed by atoms with Crippen molar-refractivity contribution in [3.05, 3.63) is 48.0 Å². The fraction of sp³-hybridized carbons (Fsp3) is 0.400. The number of fused-ring (bicyclic) bond motifs is 3. The van der Waals surface area contributed by atoms with Crippen LogP contribution in [0.3, 0.4) is 0 Å². The Hall–Kier alpha value is -1.38. The number of hydrogen-bond acceptors (Lipinski definition) is 2. The lowest BCUT2D eigenvalue weighted by molar-refractivity contribution is 0.177. The van der Waals surface area contributed by atoms with Gasteiger partial charge in [-0.05, 0) is 51.8 Å². The third-order valence-electron chi connectivity index (χ3n) is 4.45. The van der Waals surface area contributed by atoms with E-state index in [2.05, 4.69) is 75.1 Å². The molecule has 22 heavy (non-hydrogen) atoms. The average molecular weight is 311 g/mol. The molecule has 2 heteroatoms. The predicted octanol–water partition coefficient (Wildman–Crippen LogP) is 5.72. The Kier molecular flexibility index (Phi) is 4.51. The van der Waals surface area contributed by atoms with Crippen LogP contribution in [0.4, 0.5) is 0 Å². The van der Waals surface area contributed by atoms with E-state index in [1.54, 1.807) is 0 Å². The highest BCUT2D eigenvalue weighted by Gasteiger charge is 2.14. The van der Waals surface area contributed by atoms with E-state index in [1.165, 1.54) is 25.7 Å². The summed E-state index contributed by atoms with van der Waals surface area (Å²) < 4.78 is 2.81. The van der Waals surface area contributed by atoms with Gasteiger partial charge in [0.05, 0.1) is 0 Å². The summed E-state index contributed by atoms with van der Waals surface area (Å²) in [6.45, 7) is 10.3. The molecule has 0 saturated carbocycles. The van der Waals surface area contributed by atoms with E-state index in [4.69, 9.17) is 0 Å². The van der Waals surface area contributed by atoms with E-state index in [9.17, 15) is 0 Å². The topological polar surface area (TPSA) is 3.24 Å². The first-order valence-electron chi connectivity index (χ1n) is 8.23. The molecule has 1 nitrogen and oxygen atoms in total. The summed E-state index contributed by atoms with van der Waals surface area (Å²) in [6, 6.07) is 16.8. The maximum absolute atomic E-state index is 2.58. The van der Waals surface area contributed by atoms with Crippen molar-refractivity contribution in [2.45, 2.75) is 46.2 Å². The van der Waals surface area contributed by atoms with Crippen LogP contribution >= 0.6 is 11.3 Å². The number of nitrogens with zero attached hydrogens (tertiary/aromatic N) is 1. The lowest BCUT2D eigenvalue weighted by atomic mass is 10.0. The third-order valence-corrected chi connectivity index (χ3v) is 5.59. The number of benzene rings is 2. The molecule has 1 heterocycles. The van der Waals surface area contributed by atoms with Crippen molar-refractivity contribution in [1.29, 1.82) is 0 Å². The van der Waals surface area contributed by atoms with Gasteiger partial charge in [-0.3, -0.25) is 4.90 Å². The van der Waals surface area contributed by atoms with Gasteiger partial charge in [-0.2, -0.15) is 0 Å². The highest BCUT2D eigenvalue weighted by Crippen LogP contribution is 2.35.